The Morgan fingerprint density at radius 2 is 1.64 bits per heavy atom. The first kappa shape index (κ1) is 17.4. The summed E-state index contributed by atoms with van der Waals surface area (Å²) in [7, 11) is 3.06. The molecule has 0 aromatic heterocycles. The van der Waals surface area contributed by atoms with E-state index in [4.69, 9.17) is 21.1 Å². The van der Waals surface area contributed by atoms with Gasteiger partial charge in [0.1, 0.15) is 17.1 Å². The highest BCUT2D eigenvalue weighted by Gasteiger charge is 2.23. The third-order valence-corrected chi connectivity index (χ3v) is 4.62. The van der Waals surface area contributed by atoms with Crippen LogP contribution in [0.4, 0.5) is 11.4 Å². The van der Waals surface area contributed by atoms with Crippen LogP contribution in [0.25, 0.3) is 0 Å². The van der Waals surface area contributed by atoms with Crippen LogP contribution in [0.3, 0.4) is 0 Å². The lowest BCUT2D eigenvalue weighted by atomic mass is 10.1. The Morgan fingerprint density at radius 1 is 1.04 bits per heavy atom. The lowest BCUT2D eigenvalue weighted by Gasteiger charge is -2.23. The number of hydrogen-bond acceptors (Lipinski definition) is 4. The molecule has 1 aliphatic heterocycles. The molecule has 1 fully saturated rings. The summed E-state index contributed by atoms with van der Waals surface area (Å²) in [6.07, 6.45) is 2.25. The molecule has 0 spiro atoms. The van der Waals surface area contributed by atoms with E-state index in [1.54, 1.807) is 18.2 Å². The molecule has 1 saturated heterocycles. The van der Waals surface area contributed by atoms with Gasteiger partial charge in [-0.25, -0.2) is 0 Å². The second kappa shape index (κ2) is 7.66. The Hall–Kier alpha value is -2.40. The largest absolute Gasteiger partial charge is 0.496 e. The number of amides is 1. The van der Waals surface area contributed by atoms with E-state index in [0.29, 0.717) is 27.8 Å². The number of hydrogen-bond donors (Lipinski definition) is 1. The van der Waals surface area contributed by atoms with Crippen LogP contribution in [0.5, 0.6) is 11.5 Å². The van der Waals surface area contributed by atoms with Crippen molar-refractivity contribution in [1.29, 1.82) is 0 Å². The third kappa shape index (κ3) is 3.51. The van der Waals surface area contributed by atoms with Gasteiger partial charge in [0.05, 0.1) is 30.6 Å². The number of nitrogens with one attached hydrogen (secondary N) is 1. The van der Waals surface area contributed by atoms with Gasteiger partial charge in [-0.1, -0.05) is 23.7 Å². The molecular formula is C19H21ClN2O3. The maximum Gasteiger partial charge on any atom is 0.263 e. The normalized spacial score (nSPS) is 13.6. The van der Waals surface area contributed by atoms with E-state index >= 15 is 0 Å². The van der Waals surface area contributed by atoms with Crippen molar-refractivity contribution in [3.8, 4) is 11.5 Å². The van der Waals surface area contributed by atoms with Gasteiger partial charge < -0.3 is 19.7 Å². The van der Waals surface area contributed by atoms with E-state index in [2.05, 4.69) is 10.2 Å². The Labute approximate surface area is 152 Å². The van der Waals surface area contributed by atoms with Crippen LogP contribution >= 0.6 is 11.6 Å². The predicted octanol–water partition coefficient (Wildman–Crippen LogP) is 4.21. The molecule has 5 nitrogen and oxygen atoms in total. The number of carbonyl (C=O) groups excluding carboxylic acids is 1. The molecular weight excluding hydrogens is 340 g/mol. The first-order chi connectivity index (χ1) is 12.2. The van der Waals surface area contributed by atoms with Crippen molar-refractivity contribution in [2.75, 3.05) is 37.5 Å². The van der Waals surface area contributed by atoms with Crippen molar-refractivity contribution in [3.63, 3.8) is 0 Å². The van der Waals surface area contributed by atoms with Gasteiger partial charge in [-0.05, 0) is 37.1 Å². The van der Waals surface area contributed by atoms with Gasteiger partial charge in [-0.3, -0.25) is 4.79 Å². The zero-order chi connectivity index (χ0) is 17.8. The smallest absolute Gasteiger partial charge is 0.263 e. The molecule has 0 atom stereocenters. The second-order valence-corrected chi connectivity index (χ2v) is 6.23. The van der Waals surface area contributed by atoms with Crippen LogP contribution in [0, 0.1) is 0 Å². The molecule has 1 aliphatic rings. The SMILES string of the molecule is COc1cccc(OC)c1C(=O)Nc1cccc(Cl)c1N1CCCC1. The first-order valence-corrected chi connectivity index (χ1v) is 8.59. The van der Waals surface area contributed by atoms with E-state index in [-0.39, 0.29) is 5.91 Å². The zero-order valence-corrected chi connectivity index (χ0v) is 15.1. The van der Waals surface area contributed by atoms with Crippen LogP contribution in [-0.2, 0) is 0 Å². The van der Waals surface area contributed by atoms with Crippen LogP contribution in [0.2, 0.25) is 5.02 Å². The molecule has 25 heavy (non-hydrogen) atoms. The van der Waals surface area contributed by atoms with Gasteiger partial charge in [0.15, 0.2) is 0 Å². The molecule has 0 bridgehead atoms. The number of methoxy groups -OCH3 is 2. The number of benzene rings is 2. The first-order valence-electron chi connectivity index (χ1n) is 8.21. The summed E-state index contributed by atoms with van der Waals surface area (Å²) in [4.78, 5) is 15.1. The highest BCUT2D eigenvalue weighted by Crippen LogP contribution is 2.37. The summed E-state index contributed by atoms with van der Waals surface area (Å²) < 4.78 is 10.6. The number of halogens is 1. The predicted molar refractivity (Wildman–Crippen MR) is 100 cm³/mol. The Morgan fingerprint density at radius 3 is 2.24 bits per heavy atom. The number of anilines is 2. The molecule has 1 heterocycles. The fourth-order valence-electron chi connectivity index (χ4n) is 3.14. The van der Waals surface area contributed by atoms with Crippen LogP contribution < -0.4 is 19.7 Å². The molecule has 3 rings (SSSR count). The highest BCUT2D eigenvalue weighted by atomic mass is 35.5. The minimum atomic E-state index is -0.294. The Balaban J connectivity index is 1.96. The van der Waals surface area contributed by atoms with E-state index in [1.807, 2.05) is 18.2 Å². The van der Waals surface area contributed by atoms with Crippen molar-refractivity contribution in [2.45, 2.75) is 12.8 Å². The topological polar surface area (TPSA) is 50.8 Å². The number of nitrogens with zero attached hydrogens (tertiary/aromatic N) is 1. The average Bonchev–Trinajstić information content (AvgIpc) is 3.15. The Bertz CT molecular complexity index is 751. The monoisotopic (exact) mass is 360 g/mol. The van der Waals surface area contributed by atoms with Gasteiger partial charge in [-0.15, -0.1) is 0 Å². The minimum Gasteiger partial charge on any atom is -0.496 e. The standard InChI is InChI=1S/C19H21ClN2O3/c1-24-15-9-6-10-16(25-2)17(15)19(23)21-14-8-5-7-13(20)18(14)22-11-3-4-12-22/h5-10H,3-4,11-12H2,1-2H3,(H,21,23). The van der Waals surface area contributed by atoms with Crippen LogP contribution in [0.1, 0.15) is 23.2 Å². The van der Waals surface area contributed by atoms with Crippen molar-refractivity contribution >= 4 is 28.9 Å². The van der Waals surface area contributed by atoms with E-state index < -0.39 is 0 Å². The summed E-state index contributed by atoms with van der Waals surface area (Å²) in [5.74, 6) is 0.625. The molecule has 0 aliphatic carbocycles. The maximum atomic E-state index is 12.9. The van der Waals surface area contributed by atoms with Gasteiger partial charge >= 0.3 is 0 Å². The van der Waals surface area contributed by atoms with E-state index in [1.165, 1.54) is 14.2 Å². The molecule has 0 unspecified atom stereocenters. The lowest BCUT2D eigenvalue weighted by molar-refractivity contribution is 0.102. The highest BCUT2D eigenvalue weighted by molar-refractivity contribution is 6.34. The number of carbonyl (C=O) groups is 1. The number of ether oxygens (including phenoxy) is 2. The van der Waals surface area contributed by atoms with Crippen LogP contribution in [-0.4, -0.2) is 33.2 Å². The van der Waals surface area contributed by atoms with Crippen LogP contribution in [0.15, 0.2) is 36.4 Å². The molecule has 2 aromatic carbocycles. The second-order valence-electron chi connectivity index (χ2n) is 5.82. The molecule has 6 heteroatoms. The summed E-state index contributed by atoms with van der Waals surface area (Å²) in [5.41, 5.74) is 1.91. The quantitative estimate of drug-likeness (QED) is 0.867. The zero-order valence-electron chi connectivity index (χ0n) is 14.3. The van der Waals surface area contributed by atoms with Gasteiger partial charge in [0.25, 0.3) is 5.91 Å². The Kier molecular flexibility index (Phi) is 5.34. The summed E-state index contributed by atoms with van der Waals surface area (Å²) in [6.45, 7) is 1.87. The van der Waals surface area contributed by atoms with Gasteiger partial charge in [0, 0.05) is 13.1 Å². The summed E-state index contributed by atoms with van der Waals surface area (Å²) in [6, 6.07) is 10.8. The van der Waals surface area contributed by atoms with Crippen molar-refractivity contribution < 1.29 is 14.3 Å². The fraction of sp³-hybridized carbons (Fsp3) is 0.316. The maximum absolute atomic E-state index is 12.9. The fourth-order valence-corrected chi connectivity index (χ4v) is 3.43. The molecule has 2 aromatic rings. The van der Waals surface area contributed by atoms with E-state index in [9.17, 15) is 4.79 Å². The molecule has 1 N–H and O–H groups in total. The minimum absolute atomic E-state index is 0.294. The van der Waals surface area contributed by atoms with Crippen molar-refractivity contribution in [3.05, 3.63) is 47.0 Å². The third-order valence-electron chi connectivity index (χ3n) is 4.31. The van der Waals surface area contributed by atoms with Crippen molar-refractivity contribution in [1.82, 2.24) is 0 Å². The molecule has 0 radical (unpaired) electrons. The summed E-state index contributed by atoms with van der Waals surface area (Å²) >= 11 is 6.41. The molecule has 1 amide bonds. The van der Waals surface area contributed by atoms with Crippen molar-refractivity contribution in [2.24, 2.45) is 0 Å². The van der Waals surface area contributed by atoms with Gasteiger partial charge in [0.2, 0.25) is 0 Å². The molecule has 132 valence electrons. The molecule has 0 saturated carbocycles. The average molecular weight is 361 g/mol. The summed E-state index contributed by atoms with van der Waals surface area (Å²) in [5, 5.41) is 3.60. The number of para-hydroxylation sites is 1. The van der Waals surface area contributed by atoms with E-state index in [0.717, 1.165) is 31.6 Å². The lowest BCUT2D eigenvalue weighted by Crippen LogP contribution is -2.22. The van der Waals surface area contributed by atoms with Gasteiger partial charge in [-0.2, -0.15) is 0 Å². The number of rotatable bonds is 5.